The van der Waals surface area contributed by atoms with Crippen molar-refractivity contribution < 1.29 is 14.0 Å². The van der Waals surface area contributed by atoms with Crippen LogP contribution in [0.15, 0.2) is 95.9 Å². The van der Waals surface area contributed by atoms with Crippen LogP contribution in [0.1, 0.15) is 48.5 Å². The minimum atomic E-state index is -0.990. The van der Waals surface area contributed by atoms with E-state index in [1.54, 1.807) is 60.9 Å². The Morgan fingerprint density at radius 1 is 0.972 bits per heavy atom. The van der Waals surface area contributed by atoms with E-state index in [2.05, 4.69) is 16.4 Å². The number of carbonyl (C=O) groups excluding carboxylic acids is 2. The number of nitrogens with one attached hydrogen (secondary N) is 1. The van der Waals surface area contributed by atoms with Gasteiger partial charge in [0.1, 0.15) is 6.04 Å². The van der Waals surface area contributed by atoms with E-state index in [0.29, 0.717) is 16.8 Å². The first-order valence-corrected chi connectivity index (χ1v) is 11.5. The molecule has 0 aliphatic rings. The van der Waals surface area contributed by atoms with Gasteiger partial charge in [-0.25, -0.2) is 0 Å². The lowest BCUT2D eigenvalue weighted by atomic mass is 10.0. The minimum absolute atomic E-state index is 0.114. The summed E-state index contributed by atoms with van der Waals surface area (Å²) in [5.41, 5.74) is 2.98. The monoisotopic (exact) mass is 478 g/mol. The second kappa shape index (κ2) is 10.3. The van der Waals surface area contributed by atoms with Gasteiger partial charge in [0.15, 0.2) is 5.76 Å². The fraction of sp³-hybridized carbons (Fsp3) is 0.172. The predicted molar refractivity (Wildman–Crippen MR) is 137 cm³/mol. The van der Waals surface area contributed by atoms with E-state index in [-0.39, 0.29) is 11.7 Å². The van der Waals surface area contributed by atoms with Crippen molar-refractivity contribution in [2.45, 2.75) is 32.4 Å². The molecular weight excluding hydrogens is 452 g/mol. The molecule has 2 aromatic carbocycles. The Labute approximate surface area is 210 Å². The molecule has 36 heavy (non-hydrogen) atoms. The van der Waals surface area contributed by atoms with Crippen LogP contribution in [0.3, 0.4) is 0 Å². The fourth-order valence-corrected chi connectivity index (χ4v) is 3.85. The zero-order valence-electron chi connectivity index (χ0n) is 20.3. The number of rotatable bonds is 6. The highest BCUT2D eigenvalue weighted by molar-refractivity contribution is 6.08. The van der Waals surface area contributed by atoms with Crippen molar-refractivity contribution in [1.29, 1.82) is 5.26 Å². The van der Waals surface area contributed by atoms with Crippen LogP contribution in [-0.2, 0) is 4.79 Å². The van der Waals surface area contributed by atoms with E-state index in [1.165, 1.54) is 11.2 Å². The van der Waals surface area contributed by atoms with Crippen LogP contribution in [0.2, 0.25) is 0 Å². The van der Waals surface area contributed by atoms with Gasteiger partial charge in [0, 0.05) is 29.2 Å². The first kappa shape index (κ1) is 24.4. The van der Waals surface area contributed by atoms with Gasteiger partial charge in [-0.15, -0.1) is 0 Å². The molecule has 2 heterocycles. The molecule has 4 aromatic rings. The maximum Gasteiger partial charge on any atom is 0.294 e. The smallest absolute Gasteiger partial charge is 0.294 e. The number of amides is 2. The van der Waals surface area contributed by atoms with Gasteiger partial charge in [0.25, 0.3) is 5.91 Å². The van der Waals surface area contributed by atoms with Crippen molar-refractivity contribution in [1.82, 2.24) is 10.3 Å². The molecule has 0 aliphatic heterocycles. The van der Waals surface area contributed by atoms with Crippen molar-refractivity contribution in [3.8, 4) is 17.2 Å². The lowest BCUT2D eigenvalue weighted by Crippen LogP contribution is -2.49. The average Bonchev–Trinajstić information content (AvgIpc) is 3.42. The van der Waals surface area contributed by atoms with E-state index in [4.69, 9.17) is 9.68 Å². The number of aromatic nitrogens is 1. The molecule has 0 aliphatic carbocycles. The van der Waals surface area contributed by atoms with Crippen molar-refractivity contribution in [2.75, 3.05) is 4.90 Å². The lowest BCUT2D eigenvalue weighted by molar-refractivity contribution is -0.123. The van der Waals surface area contributed by atoms with Gasteiger partial charge in [-0.05, 0) is 74.4 Å². The second-order valence-corrected chi connectivity index (χ2v) is 9.32. The normalized spacial score (nSPS) is 11.8. The molecule has 0 fully saturated rings. The Morgan fingerprint density at radius 3 is 2.17 bits per heavy atom. The number of carbonyl (C=O) groups is 2. The lowest BCUT2D eigenvalue weighted by Gasteiger charge is -2.33. The highest BCUT2D eigenvalue weighted by Gasteiger charge is 2.36. The van der Waals surface area contributed by atoms with Gasteiger partial charge in [-0.3, -0.25) is 19.5 Å². The molecule has 7 heteroatoms. The van der Waals surface area contributed by atoms with Crippen LogP contribution in [-0.4, -0.2) is 22.3 Å². The molecule has 0 saturated heterocycles. The Kier molecular flexibility index (Phi) is 6.98. The van der Waals surface area contributed by atoms with Gasteiger partial charge >= 0.3 is 0 Å². The maximum atomic E-state index is 13.7. The SMILES string of the molecule is CC(C)(C)NC(=O)C(c1cccnc1)N(C(=O)c1ccco1)c1ccc(-c2ccc(C#N)cc2)cc1. The summed E-state index contributed by atoms with van der Waals surface area (Å²) < 4.78 is 5.41. The summed E-state index contributed by atoms with van der Waals surface area (Å²) in [6.07, 6.45) is 4.63. The number of nitriles is 1. The molecule has 0 saturated carbocycles. The first-order valence-electron chi connectivity index (χ1n) is 11.5. The van der Waals surface area contributed by atoms with Crippen molar-refractivity contribution in [3.05, 3.63) is 108 Å². The molecule has 1 unspecified atom stereocenters. The van der Waals surface area contributed by atoms with Crippen LogP contribution in [0.5, 0.6) is 0 Å². The summed E-state index contributed by atoms with van der Waals surface area (Å²) in [7, 11) is 0. The van der Waals surface area contributed by atoms with Gasteiger partial charge in [-0.1, -0.05) is 30.3 Å². The van der Waals surface area contributed by atoms with E-state index in [1.807, 2.05) is 45.0 Å². The number of hydrogen-bond acceptors (Lipinski definition) is 5. The second-order valence-electron chi connectivity index (χ2n) is 9.32. The fourth-order valence-electron chi connectivity index (χ4n) is 3.85. The quantitative estimate of drug-likeness (QED) is 0.394. The van der Waals surface area contributed by atoms with Crippen LogP contribution >= 0.6 is 0 Å². The molecule has 1 atom stereocenters. The van der Waals surface area contributed by atoms with Crippen LogP contribution in [0.4, 0.5) is 5.69 Å². The average molecular weight is 479 g/mol. The van der Waals surface area contributed by atoms with Crippen LogP contribution < -0.4 is 10.2 Å². The topological polar surface area (TPSA) is 99.2 Å². The minimum Gasteiger partial charge on any atom is -0.459 e. The molecule has 0 spiro atoms. The third-order valence-corrected chi connectivity index (χ3v) is 5.45. The Balaban J connectivity index is 1.80. The molecule has 4 rings (SSSR count). The van der Waals surface area contributed by atoms with Crippen LogP contribution in [0.25, 0.3) is 11.1 Å². The number of pyridine rings is 1. The molecule has 0 radical (unpaired) electrons. The van der Waals surface area contributed by atoms with Gasteiger partial charge < -0.3 is 9.73 Å². The molecule has 2 amide bonds. The standard InChI is InChI=1S/C29H26N4O3/c1-29(2,3)32-27(34)26(23-6-4-16-31-19-23)33(28(35)25-7-5-17-36-25)24-14-12-22(13-15-24)21-10-8-20(18-30)9-11-21/h4-17,19,26H,1-3H3,(H,32,34). The third kappa shape index (κ3) is 5.50. The Morgan fingerprint density at radius 2 is 1.64 bits per heavy atom. The molecule has 1 N–H and O–H groups in total. The predicted octanol–water partition coefficient (Wildman–Crippen LogP) is 5.52. The molecule has 0 bridgehead atoms. The van der Waals surface area contributed by atoms with E-state index in [0.717, 1.165) is 11.1 Å². The van der Waals surface area contributed by atoms with Crippen molar-refractivity contribution >= 4 is 17.5 Å². The maximum absolute atomic E-state index is 13.7. The number of benzene rings is 2. The summed E-state index contributed by atoms with van der Waals surface area (Å²) in [5.74, 6) is -0.681. The molecule has 2 aromatic heterocycles. The van der Waals surface area contributed by atoms with Crippen LogP contribution in [0, 0.1) is 11.3 Å². The third-order valence-electron chi connectivity index (χ3n) is 5.45. The largest absolute Gasteiger partial charge is 0.459 e. The summed E-state index contributed by atoms with van der Waals surface area (Å²) in [6, 6.07) is 22.4. The zero-order valence-corrected chi connectivity index (χ0v) is 20.3. The molecular formula is C29H26N4O3. The van der Waals surface area contributed by atoms with Crippen molar-refractivity contribution in [2.24, 2.45) is 0 Å². The summed E-state index contributed by atoms with van der Waals surface area (Å²) >= 11 is 0. The number of furan rings is 1. The van der Waals surface area contributed by atoms with E-state index >= 15 is 0 Å². The molecule has 7 nitrogen and oxygen atoms in total. The number of hydrogen-bond donors (Lipinski definition) is 1. The van der Waals surface area contributed by atoms with Gasteiger partial charge in [-0.2, -0.15) is 5.26 Å². The van der Waals surface area contributed by atoms with Crippen molar-refractivity contribution in [3.63, 3.8) is 0 Å². The zero-order chi connectivity index (χ0) is 25.7. The van der Waals surface area contributed by atoms with Gasteiger partial charge in [0.05, 0.1) is 17.9 Å². The Hall–Kier alpha value is -4.70. The van der Waals surface area contributed by atoms with Gasteiger partial charge in [0.2, 0.25) is 5.91 Å². The number of nitrogens with zero attached hydrogens (tertiary/aromatic N) is 3. The summed E-state index contributed by atoms with van der Waals surface area (Å²) in [5, 5.41) is 12.1. The first-order chi connectivity index (χ1) is 17.3. The summed E-state index contributed by atoms with van der Waals surface area (Å²) in [4.78, 5) is 32.9. The Bertz CT molecular complexity index is 1370. The highest BCUT2D eigenvalue weighted by atomic mass is 16.3. The molecule has 180 valence electrons. The van der Waals surface area contributed by atoms with E-state index in [9.17, 15) is 9.59 Å². The van der Waals surface area contributed by atoms with E-state index < -0.39 is 17.5 Å². The highest BCUT2D eigenvalue weighted by Crippen LogP contribution is 2.32. The summed E-state index contributed by atoms with van der Waals surface area (Å²) in [6.45, 7) is 5.66. The number of anilines is 1.